The zero-order chi connectivity index (χ0) is 10.3. The smallest absolute Gasteiger partial charge is 0.200 e. The summed E-state index contributed by atoms with van der Waals surface area (Å²) < 4.78 is 26.2. The SMILES string of the molecule is CC1=CS(=O)(=O)N=C(C(C)(C)C)S1. The molecule has 0 aromatic heterocycles. The summed E-state index contributed by atoms with van der Waals surface area (Å²) in [6.07, 6.45) is 0. The van der Waals surface area contributed by atoms with Gasteiger partial charge in [0.05, 0.1) is 10.5 Å². The largest absolute Gasteiger partial charge is 0.276 e. The van der Waals surface area contributed by atoms with E-state index < -0.39 is 10.0 Å². The second-order valence-corrected chi connectivity index (χ2v) is 6.67. The summed E-state index contributed by atoms with van der Waals surface area (Å²) in [7, 11) is -3.36. The molecule has 0 N–H and O–H groups in total. The maximum absolute atomic E-state index is 11.2. The predicted octanol–water partition coefficient (Wildman–Crippen LogP) is 2.37. The van der Waals surface area contributed by atoms with E-state index in [0.29, 0.717) is 5.04 Å². The van der Waals surface area contributed by atoms with Gasteiger partial charge in [-0.3, -0.25) is 0 Å². The molecule has 0 atom stereocenters. The number of thioether (sulfide) groups is 1. The average Bonchev–Trinajstić information content (AvgIpc) is 1.79. The lowest BCUT2D eigenvalue weighted by atomic mass is 9.99. The summed E-state index contributed by atoms with van der Waals surface area (Å²) in [5, 5.41) is 1.86. The molecule has 0 aromatic rings. The van der Waals surface area contributed by atoms with Gasteiger partial charge >= 0.3 is 0 Å². The second-order valence-electron chi connectivity index (χ2n) is 3.99. The Labute approximate surface area is 83.4 Å². The monoisotopic (exact) mass is 219 g/mol. The minimum absolute atomic E-state index is 0.201. The zero-order valence-corrected chi connectivity index (χ0v) is 9.79. The van der Waals surface area contributed by atoms with Gasteiger partial charge in [-0.05, 0) is 6.92 Å². The maximum Gasteiger partial charge on any atom is 0.276 e. The van der Waals surface area contributed by atoms with Crippen LogP contribution in [0.5, 0.6) is 0 Å². The molecular formula is C8H13NO2S2. The molecule has 1 heterocycles. The van der Waals surface area contributed by atoms with E-state index in [0.717, 1.165) is 4.91 Å². The van der Waals surface area contributed by atoms with Crippen LogP contribution in [0.1, 0.15) is 27.7 Å². The Morgan fingerprint density at radius 3 is 2.31 bits per heavy atom. The highest BCUT2D eigenvalue weighted by Gasteiger charge is 2.26. The third kappa shape index (κ3) is 2.84. The molecule has 0 spiro atoms. The quantitative estimate of drug-likeness (QED) is 0.628. The van der Waals surface area contributed by atoms with Crippen LogP contribution < -0.4 is 0 Å². The lowest BCUT2D eigenvalue weighted by Gasteiger charge is -2.22. The molecule has 0 aliphatic carbocycles. The Bertz CT molecular complexity index is 371. The molecule has 0 amide bonds. The number of hydrogen-bond donors (Lipinski definition) is 0. The molecule has 0 unspecified atom stereocenters. The van der Waals surface area contributed by atoms with Crippen molar-refractivity contribution in [2.75, 3.05) is 0 Å². The Balaban J connectivity index is 3.14. The minimum atomic E-state index is -3.36. The van der Waals surface area contributed by atoms with Gasteiger partial charge in [-0.25, -0.2) is 0 Å². The summed E-state index contributed by atoms with van der Waals surface area (Å²) in [4.78, 5) is 0.778. The van der Waals surface area contributed by atoms with Crippen molar-refractivity contribution in [1.82, 2.24) is 0 Å². The van der Waals surface area contributed by atoms with E-state index in [-0.39, 0.29) is 5.41 Å². The number of rotatable bonds is 0. The van der Waals surface area contributed by atoms with Gasteiger partial charge < -0.3 is 0 Å². The number of hydrogen-bond acceptors (Lipinski definition) is 3. The van der Waals surface area contributed by atoms with Gasteiger partial charge in [-0.15, -0.1) is 0 Å². The minimum Gasteiger partial charge on any atom is -0.200 e. The van der Waals surface area contributed by atoms with Crippen molar-refractivity contribution in [2.24, 2.45) is 9.81 Å². The van der Waals surface area contributed by atoms with E-state index >= 15 is 0 Å². The molecule has 0 fully saturated rings. The van der Waals surface area contributed by atoms with E-state index in [2.05, 4.69) is 4.40 Å². The van der Waals surface area contributed by atoms with Crippen molar-refractivity contribution in [1.29, 1.82) is 0 Å². The summed E-state index contributed by atoms with van der Waals surface area (Å²) in [5.41, 5.74) is -0.201. The molecule has 0 bridgehead atoms. The standard InChI is InChI=1S/C8H13NO2S2/c1-6-5-13(10,11)9-7(12-6)8(2,3)4/h5H,1-4H3. The van der Waals surface area contributed by atoms with Crippen LogP contribution >= 0.6 is 11.8 Å². The van der Waals surface area contributed by atoms with Crippen molar-refractivity contribution in [3.63, 3.8) is 0 Å². The van der Waals surface area contributed by atoms with Crippen LogP contribution in [0.4, 0.5) is 0 Å². The zero-order valence-electron chi connectivity index (χ0n) is 8.16. The van der Waals surface area contributed by atoms with Gasteiger partial charge in [0, 0.05) is 10.3 Å². The normalized spacial score (nSPS) is 22.2. The van der Waals surface area contributed by atoms with E-state index in [1.54, 1.807) is 6.92 Å². The number of sulfonamides is 1. The first-order valence-electron chi connectivity index (χ1n) is 3.92. The van der Waals surface area contributed by atoms with E-state index in [4.69, 9.17) is 0 Å². The lowest BCUT2D eigenvalue weighted by Crippen LogP contribution is -2.20. The third-order valence-corrected chi connectivity index (χ3v) is 4.11. The molecule has 1 aliphatic heterocycles. The molecule has 1 aliphatic rings. The lowest BCUT2D eigenvalue weighted by molar-refractivity contribution is 0.592. The Morgan fingerprint density at radius 2 is 1.92 bits per heavy atom. The highest BCUT2D eigenvalue weighted by Crippen LogP contribution is 2.33. The molecule has 74 valence electrons. The first-order valence-corrected chi connectivity index (χ1v) is 6.24. The number of nitrogens with zero attached hydrogens (tertiary/aromatic N) is 1. The van der Waals surface area contributed by atoms with Gasteiger partial charge in [0.2, 0.25) is 0 Å². The molecule has 5 heteroatoms. The highest BCUT2D eigenvalue weighted by atomic mass is 32.2. The fraction of sp³-hybridized carbons (Fsp3) is 0.625. The maximum atomic E-state index is 11.2. The van der Waals surface area contributed by atoms with Gasteiger partial charge in [0.15, 0.2) is 0 Å². The second kappa shape index (κ2) is 3.13. The molecule has 3 nitrogen and oxygen atoms in total. The van der Waals surface area contributed by atoms with Crippen LogP contribution in [0, 0.1) is 5.41 Å². The van der Waals surface area contributed by atoms with E-state index in [1.165, 1.54) is 17.2 Å². The van der Waals surface area contributed by atoms with Crippen molar-refractivity contribution >= 4 is 26.8 Å². The van der Waals surface area contributed by atoms with Crippen molar-refractivity contribution in [3.8, 4) is 0 Å². The van der Waals surface area contributed by atoms with E-state index in [9.17, 15) is 8.42 Å². The molecule has 0 aromatic carbocycles. The van der Waals surface area contributed by atoms with Crippen LogP contribution in [0.3, 0.4) is 0 Å². The molecule has 1 rings (SSSR count). The summed E-state index contributed by atoms with van der Waals surface area (Å²) in [6, 6.07) is 0. The Kier molecular flexibility index (Phi) is 2.60. The Morgan fingerprint density at radius 1 is 1.38 bits per heavy atom. The topological polar surface area (TPSA) is 46.5 Å². The van der Waals surface area contributed by atoms with Crippen molar-refractivity contribution < 1.29 is 8.42 Å². The van der Waals surface area contributed by atoms with Crippen LogP contribution in [0.25, 0.3) is 0 Å². The summed E-state index contributed by atoms with van der Waals surface area (Å²) in [5.74, 6) is 0. The summed E-state index contributed by atoms with van der Waals surface area (Å²) in [6.45, 7) is 7.63. The predicted molar refractivity (Wildman–Crippen MR) is 57.2 cm³/mol. The first kappa shape index (κ1) is 10.8. The van der Waals surface area contributed by atoms with Crippen molar-refractivity contribution in [2.45, 2.75) is 27.7 Å². The highest BCUT2D eigenvalue weighted by molar-refractivity contribution is 8.19. The van der Waals surface area contributed by atoms with Gasteiger partial charge in [-0.1, -0.05) is 32.5 Å². The molecule has 0 saturated heterocycles. The average molecular weight is 219 g/mol. The summed E-state index contributed by atoms with van der Waals surface area (Å²) >= 11 is 1.43. The van der Waals surface area contributed by atoms with Crippen LogP contribution in [-0.4, -0.2) is 13.5 Å². The van der Waals surface area contributed by atoms with Crippen LogP contribution in [0.2, 0.25) is 0 Å². The number of allylic oxidation sites excluding steroid dienone is 1. The fourth-order valence-corrected chi connectivity index (χ4v) is 3.44. The van der Waals surface area contributed by atoms with Crippen molar-refractivity contribution in [3.05, 3.63) is 10.3 Å². The van der Waals surface area contributed by atoms with Gasteiger partial charge in [0.1, 0.15) is 0 Å². The molecule has 0 saturated carbocycles. The fourth-order valence-electron chi connectivity index (χ4n) is 0.837. The van der Waals surface area contributed by atoms with Crippen LogP contribution in [-0.2, 0) is 10.0 Å². The van der Waals surface area contributed by atoms with Crippen LogP contribution in [0.15, 0.2) is 14.7 Å². The van der Waals surface area contributed by atoms with Gasteiger partial charge in [-0.2, -0.15) is 12.8 Å². The molecular weight excluding hydrogens is 206 g/mol. The molecule has 0 radical (unpaired) electrons. The van der Waals surface area contributed by atoms with E-state index in [1.807, 2.05) is 20.8 Å². The first-order chi connectivity index (χ1) is 5.71. The third-order valence-electron chi connectivity index (χ3n) is 1.42. The molecule has 13 heavy (non-hydrogen) atoms. The Hall–Kier alpha value is -0.290. The van der Waals surface area contributed by atoms with Gasteiger partial charge in [0.25, 0.3) is 10.0 Å².